The summed E-state index contributed by atoms with van der Waals surface area (Å²) in [6.07, 6.45) is 0. The molecule has 112 valence electrons. The maximum atomic E-state index is 11.6. The summed E-state index contributed by atoms with van der Waals surface area (Å²) in [7, 11) is 1.41. The van der Waals surface area contributed by atoms with E-state index in [1.165, 1.54) is 12.7 Å². The summed E-state index contributed by atoms with van der Waals surface area (Å²) in [4.78, 5) is 14.6. The lowest BCUT2D eigenvalue weighted by Crippen LogP contribution is -2.22. The fourth-order valence-corrected chi connectivity index (χ4v) is 3.09. The average molecular weight is 311 g/mol. The molecule has 0 saturated heterocycles. The first-order chi connectivity index (χ1) is 10.6. The lowest BCUT2D eigenvalue weighted by atomic mass is 10.0. The summed E-state index contributed by atoms with van der Waals surface area (Å²) in [6, 6.07) is 16.1. The highest BCUT2D eigenvalue weighted by molar-refractivity contribution is 7.81. The average Bonchev–Trinajstić information content (AvgIpc) is 2.91. The minimum atomic E-state index is -0.262. The van der Waals surface area contributed by atoms with E-state index < -0.39 is 0 Å². The molecular formula is C18H17NO2S. The first-order valence-corrected chi connectivity index (χ1v) is 7.60. The van der Waals surface area contributed by atoms with E-state index in [1.54, 1.807) is 0 Å². The summed E-state index contributed by atoms with van der Waals surface area (Å²) in [6.45, 7) is 2.64. The SMILES string of the molecule is COC(=O)C(C)c1ccc(N2Cc3ccccc3C2=S)cc1. The van der Waals surface area contributed by atoms with Gasteiger partial charge in [0.25, 0.3) is 0 Å². The van der Waals surface area contributed by atoms with Crippen LogP contribution in [0.2, 0.25) is 0 Å². The van der Waals surface area contributed by atoms with Gasteiger partial charge >= 0.3 is 5.97 Å². The normalized spacial score (nSPS) is 14.6. The topological polar surface area (TPSA) is 29.5 Å². The van der Waals surface area contributed by atoms with Crippen molar-refractivity contribution in [3.05, 3.63) is 65.2 Å². The molecule has 0 aromatic heterocycles. The van der Waals surface area contributed by atoms with Gasteiger partial charge in [-0.1, -0.05) is 48.6 Å². The van der Waals surface area contributed by atoms with Gasteiger partial charge in [-0.2, -0.15) is 0 Å². The zero-order valence-electron chi connectivity index (χ0n) is 12.6. The lowest BCUT2D eigenvalue weighted by molar-refractivity contribution is -0.141. The van der Waals surface area contributed by atoms with Gasteiger partial charge in [0.1, 0.15) is 4.99 Å². The van der Waals surface area contributed by atoms with E-state index >= 15 is 0 Å². The smallest absolute Gasteiger partial charge is 0.312 e. The van der Waals surface area contributed by atoms with Crippen LogP contribution in [0.3, 0.4) is 0 Å². The predicted molar refractivity (Wildman–Crippen MR) is 91.2 cm³/mol. The van der Waals surface area contributed by atoms with E-state index in [9.17, 15) is 4.79 Å². The van der Waals surface area contributed by atoms with Crippen LogP contribution in [-0.2, 0) is 16.1 Å². The Balaban J connectivity index is 1.83. The van der Waals surface area contributed by atoms with Gasteiger partial charge in [0.15, 0.2) is 0 Å². The van der Waals surface area contributed by atoms with Gasteiger partial charge in [0, 0.05) is 17.8 Å². The third-order valence-electron chi connectivity index (χ3n) is 4.08. The number of thiocarbonyl (C=S) groups is 1. The Labute approximate surface area is 135 Å². The molecule has 0 radical (unpaired) electrons. The van der Waals surface area contributed by atoms with Crippen LogP contribution in [0.5, 0.6) is 0 Å². The molecule has 2 aromatic carbocycles. The zero-order chi connectivity index (χ0) is 15.7. The number of esters is 1. The second-order valence-corrected chi connectivity index (χ2v) is 5.77. The monoisotopic (exact) mass is 311 g/mol. The second-order valence-electron chi connectivity index (χ2n) is 5.38. The summed E-state index contributed by atoms with van der Waals surface area (Å²) >= 11 is 5.57. The number of carbonyl (C=O) groups excluding carboxylic acids is 1. The molecule has 0 N–H and O–H groups in total. The van der Waals surface area contributed by atoms with E-state index in [0.29, 0.717) is 0 Å². The van der Waals surface area contributed by atoms with E-state index in [2.05, 4.69) is 17.0 Å². The van der Waals surface area contributed by atoms with Gasteiger partial charge in [0.05, 0.1) is 13.0 Å². The Morgan fingerprint density at radius 3 is 2.50 bits per heavy atom. The highest BCUT2D eigenvalue weighted by Crippen LogP contribution is 2.30. The van der Waals surface area contributed by atoms with Crippen molar-refractivity contribution in [2.75, 3.05) is 12.0 Å². The van der Waals surface area contributed by atoms with Crippen LogP contribution in [0, 0.1) is 0 Å². The molecular weight excluding hydrogens is 294 g/mol. The molecule has 0 bridgehead atoms. The Bertz CT molecular complexity index is 724. The number of nitrogens with zero attached hydrogens (tertiary/aromatic N) is 1. The summed E-state index contributed by atoms with van der Waals surface area (Å²) in [5.41, 5.74) is 4.37. The largest absolute Gasteiger partial charge is 0.469 e. The van der Waals surface area contributed by atoms with Crippen molar-refractivity contribution >= 4 is 28.9 Å². The molecule has 3 rings (SSSR count). The summed E-state index contributed by atoms with van der Waals surface area (Å²) in [5.74, 6) is -0.487. The zero-order valence-corrected chi connectivity index (χ0v) is 13.4. The van der Waals surface area contributed by atoms with Crippen LogP contribution in [0.15, 0.2) is 48.5 Å². The van der Waals surface area contributed by atoms with Crippen molar-refractivity contribution < 1.29 is 9.53 Å². The van der Waals surface area contributed by atoms with Gasteiger partial charge in [-0.15, -0.1) is 0 Å². The molecule has 4 heteroatoms. The number of hydrogen-bond acceptors (Lipinski definition) is 3. The predicted octanol–water partition coefficient (Wildman–Crippen LogP) is 3.66. The molecule has 0 spiro atoms. The lowest BCUT2D eigenvalue weighted by Gasteiger charge is -2.19. The third kappa shape index (κ3) is 2.50. The second kappa shape index (κ2) is 5.89. The van der Waals surface area contributed by atoms with Crippen molar-refractivity contribution in [3.63, 3.8) is 0 Å². The molecule has 0 aliphatic carbocycles. The minimum absolute atomic E-state index is 0.225. The molecule has 1 unspecified atom stereocenters. The van der Waals surface area contributed by atoms with Crippen LogP contribution >= 0.6 is 12.2 Å². The molecule has 3 nitrogen and oxygen atoms in total. The van der Waals surface area contributed by atoms with Crippen LogP contribution in [-0.4, -0.2) is 18.1 Å². The molecule has 2 aromatic rings. The van der Waals surface area contributed by atoms with Gasteiger partial charge < -0.3 is 9.64 Å². The van der Waals surface area contributed by atoms with Crippen molar-refractivity contribution in [1.82, 2.24) is 0 Å². The number of carbonyl (C=O) groups is 1. The Morgan fingerprint density at radius 2 is 1.86 bits per heavy atom. The van der Waals surface area contributed by atoms with Crippen LogP contribution in [0.4, 0.5) is 5.69 Å². The number of methoxy groups -OCH3 is 1. The number of benzene rings is 2. The number of ether oxygens (including phenoxy) is 1. The van der Waals surface area contributed by atoms with Gasteiger partial charge in [-0.3, -0.25) is 4.79 Å². The van der Waals surface area contributed by atoms with Crippen LogP contribution in [0.25, 0.3) is 0 Å². The molecule has 1 heterocycles. The van der Waals surface area contributed by atoms with Gasteiger partial charge in [-0.05, 0) is 30.2 Å². The molecule has 1 atom stereocenters. The van der Waals surface area contributed by atoms with Crippen LogP contribution < -0.4 is 4.90 Å². The first-order valence-electron chi connectivity index (χ1n) is 7.19. The van der Waals surface area contributed by atoms with Crippen molar-refractivity contribution in [1.29, 1.82) is 0 Å². The van der Waals surface area contributed by atoms with Gasteiger partial charge in [0.2, 0.25) is 0 Å². The summed E-state index contributed by atoms with van der Waals surface area (Å²) in [5, 5.41) is 0. The minimum Gasteiger partial charge on any atom is -0.469 e. The molecule has 1 aliphatic rings. The Kier molecular flexibility index (Phi) is 3.94. The third-order valence-corrected chi connectivity index (χ3v) is 4.52. The highest BCUT2D eigenvalue weighted by atomic mass is 32.1. The molecule has 1 aliphatic heterocycles. The van der Waals surface area contributed by atoms with Crippen LogP contribution in [0.1, 0.15) is 29.5 Å². The number of rotatable bonds is 3. The summed E-state index contributed by atoms with van der Waals surface area (Å²) < 4.78 is 4.79. The first kappa shape index (κ1) is 14.7. The Morgan fingerprint density at radius 1 is 1.18 bits per heavy atom. The number of hydrogen-bond donors (Lipinski definition) is 0. The van der Waals surface area contributed by atoms with E-state index in [0.717, 1.165) is 28.3 Å². The van der Waals surface area contributed by atoms with E-state index in [4.69, 9.17) is 17.0 Å². The Hall–Kier alpha value is -2.20. The van der Waals surface area contributed by atoms with E-state index in [1.807, 2.05) is 43.3 Å². The number of anilines is 1. The van der Waals surface area contributed by atoms with Gasteiger partial charge in [-0.25, -0.2) is 0 Å². The molecule has 0 fully saturated rings. The maximum Gasteiger partial charge on any atom is 0.312 e. The van der Waals surface area contributed by atoms with Crippen molar-refractivity contribution in [3.8, 4) is 0 Å². The van der Waals surface area contributed by atoms with Crippen molar-refractivity contribution in [2.24, 2.45) is 0 Å². The maximum absolute atomic E-state index is 11.6. The van der Waals surface area contributed by atoms with Crippen molar-refractivity contribution in [2.45, 2.75) is 19.4 Å². The fraction of sp³-hybridized carbons (Fsp3) is 0.222. The van der Waals surface area contributed by atoms with E-state index in [-0.39, 0.29) is 11.9 Å². The molecule has 0 amide bonds. The number of fused-ring (bicyclic) bond motifs is 1. The highest BCUT2D eigenvalue weighted by Gasteiger charge is 2.24. The quantitative estimate of drug-likeness (QED) is 0.639. The molecule has 0 saturated carbocycles. The standard InChI is InChI=1S/C18H17NO2S/c1-12(18(20)21-2)13-7-9-15(10-8-13)19-11-14-5-3-4-6-16(14)17(19)22/h3-10,12H,11H2,1-2H3. The molecule has 22 heavy (non-hydrogen) atoms. The fourth-order valence-electron chi connectivity index (χ4n) is 2.72.